The van der Waals surface area contributed by atoms with Crippen molar-refractivity contribution in [3.05, 3.63) is 54.1 Å². The zero-order chi connectivity index (χ0) is 20.1. The first-order chi connectivity index (χ1) is 13.6. The van der Waals surface area contributed by atoms with Gasteiger partial charge >= 0.3 is 0 Å². The average molecular weight is 375 g/mol. The quantitative estimate of drug-likeness (QED) is 0.691. The Morgan fingerprint density at radius 1 is 0.964 bits per heavy atom. The predicted molar refractivity (Wildman–Crippen MR) is 109 cm³/mol. The number of hydrogen-bond acceptors (Lipinski definition) is 6. The van der Waals surface area contributed by atoms with Crippen LogP contribution < -0.4 is 19.9 Å². The number of benzene rings is 2. The van der Waals surface area contributed by atoms with Crippen molar-refractivity contribution in [3.63, 3.8) is 0 Å². The number of pyridine rings is 1. The van der Waals surface area contributed by atoms with E-state index in [0.717, 1.165) is 11.3 Å². The molecule has 0 aliphatic heterocycles. The number of methoxy groups -OCH3 is 2. The van der Waals surface area contributed by atoms with E-state index >= 15 is 0 Å². The van der Waals surface area contributed by atoms with E-state index in [1.807, 2.05) is 43.3 Å². The summed E-state index contributed by atoms with van der Waals surface area (Å²) >= 11 is 0. The third-order valence-corrected chi connectivity index (χ3v) is 4.32. The van der Waals surface area contributed by atoms with Crippen molar-refractivity contribution >= 4 is 5.82 Å². The number of aromatic nitrogens is 1. The van der Waals surface area contributed by atoms with Gasteiger partial charge in [0.1, 0.15) is 34.7 Å². The summed E-state index contributed by atoms with van der Waals surface area (Å²) in [7, 11) is 3.17. The first-order valence-electron chi connectivity index (χ1n) is 8.77. The largest absolute Gasteiger partial charge is 0.497 e. The minimum Gasteiger partial charge on any atom is -0.497 e. The molecule has 1 heterocycles. The van der Waals surface area contributed by atoms with Crippen LogP contribution in [0.5, 0.6) is 17.2 Å². The number of nitrogen functional groups attached to an aromatic ring is 1. The second kappa shape index (κ2) is 8.31. The second-order valence-corrected chi connectivity index (χ2v) is 5.95. The molecular formula is C22H21N3O3. The predicted octanol–water partition coefficient (Wildman–Crippen LogP) is 4.29. The fourth-order valence-corrected chi connectivity index (χ4v) is 2.96. The van der Waals surface area contributed by atoms with E-state index in [1.165, 1.54) is 0 Å². The monoisotopic (exact) mass is 375 g/mol. The zero-order valence-electron chi connectivity index (χ0n) is 16.0. The lowest BCUT2D eigenvalue weighted by atomic mass is 9.97. The molecule has 0 saturated heterocycles. The molecule has 3 rings (SSSR count). The van der Waals surface area contributed by atoms with E-state index in [-0.39, 0.29) is 5.82 Å². The Balaban J connectivity index is 2.18. The van der Waals surface area contributed by atoms with Crippen LogP contribution in [0.2, 0.25) is 0 Å². The van der Waals surface area contributed by atoms with Gasteiger partial charge in [-0.25, -0.2) is 4.98 Å². The summed E-state index contributed by atoms with van der Waals surface area (Å²) in [5.74, 6) is 2.20. The third kappa shape index (κ3) is 3.69. The fourth-order valence-electron chi connectivity index (χ4n) is 2.96. The van der Waals surface area contributed by atoms with Gasteiger partial charge in [-0.3, -0.25) is 0 Å². The van der Waals surface area contributed by atoms with Gasteiger partial charge < -0.3 is 19.9 Å². The standard InChI is InChI=1S/C22H21N3O3/c1-4-28-15-7-5-14(6-8-15)20-12-17(19(13-23)22(24)25-20)18-11-16(26-2)9-10-21(18)27-3/h5-12H,4H2,1-3H3,(H2,24,25). The highest BCUT2D eigenvalue weighted by atomic mass is 16.5. The molecule has 0 unspecified atom stereocenters. The summed E-state index contributed by atoms with van der Waals surface area (Å²) < 4.78 is 16.3. The Morgan fingerprint density at radius 3 is 2.29 bits per heavy atom. The van der Waals surface area contributed by atoms with Crippen LogP contribution in [0.3, 0.4) is 0 Å². The second-order valence-electron chi connectivity index (χ2n) is 5.95. The Labute approximate surface area is 164 Å². The van der Waals surface area contributed by atoms with Crippen LogP contribution in [0.15, 0.2) is 48.5 Å². The van der Waals surface area contributed by atoms with Gasteiger partial charge in [0, 0.05) is 16.7 Å². The SMILES string of the molecule is CCOc1ccc(-c2cc(-c3cc(OC)ccc3OC)c(C#N)c(N)n2)cc1. The van der Waals surface area contributed by atoms with Crippen molar-refractivity contribution in [3.8, 4) is 45.7 Å². The number of anilines is 1. The van der Waals surface area contributed by atoms with Crippen molar-refractivity contribution in [2.45, 2.75) is 6.92 Å². The highest BCUT2D eigenvalue weighted by Crippen LogP contribution is 2.38. The zero-order valence-corrected chi connectivity index (χ0v) is 16.0. The van der Waals surface area contributed by atoms with Crippen LogP contribution in [0.25, 0.3) is 22.4 Å². The van der Waals surface area contributed by atoms with Gasteiger partial charge in [-0.15, -0.1) is 0 Å². The molecule has 0 fully saturated rings. The van der Waals surface area contributed by atoms with Crippen LogP contribution in [0.1, 0.15) is 12.5 Å². The molecule has 0 amide bonds. The number of rotatable bonds is 6. The maximum Gasteiger partial charge on any atom is 0.142 e. The van der Waals surface area contributed by atoms with E-state index in [9.17, 15) is 5.26 Å². The smallest absolute Gasteiger partial charge is 0.142 e. The van der Waals surface area contributed by atoms with Crippen molar-refractivity contribution in [1.82, 2.24) is 4.98 Å². The number of nitriles is 1. The maximum atomic E-state index is 9.65. The lowest BCUT2D eigenvalue weighted by molar-refractivity contribution is 0.340. The van der Waals surface area contributed by atoms with E-state index in [0.29, 0.717) is 40.5 Å². The van der Waals surface area contributed by atoms with Crippen molar-refractivity contribution in [2.24, 2.45) is 0 Å². The van der Waals surface area contributed by atoms with E-state index in [4.69, 9.17) is 19.9 Å². The van der Waals surface area contributed by atoms with Crippen LogP contribution in [-0.2, 0) is 0 Å². The van der Waals surface area contributed by atoms with Crippen LogP contribution in [-0.4, -0.2) is 25.8 Å². The van der Waals surface area contributed by atoms with Gasteiger partial charge in [-0.2, -0.15) is 5.26 Å². The van der Waals surface area contributed by atoms with E-state index in [2.05, 4.69) is 11.1 Å². The Bertz CT molecular complexity index is 1020. The molecule has 0 spiro atoms. The lowest BCUT2D eigenvalue weighted by Gasteiger charge is -2.14. The van der Waals surface area contributed by atoms with Crippen LogP contribution in [0.4, 0.5) is 5.82 Å². The Hall–Kier alpha value is -3.72. The van der Waals surface area contributed by atoms with Crippen molar-refractivity contribution in [2.75, 3.05) is 26.6 Å². The minimum absolute atomic E-state index is 0.161. The van der Waals surface area contributed by atoms with Gasteiger partial charge in [-0.1, -0.05) is 0 Å². The van der Waals surface area contributed by atoms with E-state index in [1.54, 1.807) is 26.4 Å². The lowest BCUT2D eigenvalue weighted by Crippen LogP contribution is -2.01. The Kier molecular flexibility index (Phi) is 5.66. The summed E-state index contributed by atoms with van der Waals surface area (Å²) in [6.07, 6.45) is 0. The molecule has 2 aromatic carbocycles. The molecule has 6 heteroatoms. The third-order valence-electron chi connectivity index (χ3n) is 4.32. The van der Waals surface area contributed by atoms with Crippen LogP contribution in [0, 0.1) is 11.3 Å². The number of ether oxygens (including phenoxy) is 3. The molecule has 0 atom stereocenters. The van der Waals surface area contributed by atoms with Gasteiger partial charge in [0.25, 0.3) is 0 Å². The molecular weight excluding hydrogens is 354 g/mol. The number of hydrogen-bond donors (Lipinski definition) is 1. The molecule has 0 bridgehead atoms. The summed E-state index contributed by atoms with van der Waals surface area (Å²) in [4.78, 5) is 4.42. The molecule has 1 aromatic heterocycles. The molecule has 0 saturated carbocycles. The summed E-state index contributed by atoms with van der Waals surface area (Å²) in [6, 6.07) is 17.0. The van der Waals surface area contributed by atoms with Crippen molar-refractivity contribution < 1.29 is 14.2 Å². The molecule has 0 aliphatic rings. The van der Waals surface area contributed by atoms with Crippen LogP contribution >= 0.6 is 0 Å². The average Bonchev–Trinajstić information content (AvgIpc) is 2.73. The summed E-state index contributed by atoms with van der Waals surface area (Å²) in [5, 5.41) is 9.65. The van der Waals surface area contributed by atoms with E-state index < -0.39 is 0 Å². The molecule has 0 radical (unpaired) electrons. The molecule has 0 aliphatic carbocycles. The van der Waals surface area contributed by atoms with Gasteiger partial charge in [0.15, 0.2) is 0 Å². The fraction of sp³-hybridized carbons (Fsp3) is 0.182. The maximum absolute atomic E-state index is 9.65. The molecule has 2 N–H and O–H groups in total. The molecule has 28 heavy (non-hydrogen) atoms. The summed E-state index contributed by atoms with van der Waals surface area (Å²) in [6.45, 7) is 2.53. The molecule has 6 nitrogen and oxygen atoms in total. The normalized spacial score (nSPS) is 10.2. The minimum atomic E-state index is 0.161. The molecule has 142 valence electrons. The summed E-state index contributed by atoms with van der Waals surface area (Å²) in [5.41, 5.74) is 9.27. The first-order valence-corrected chi connectivity index (χ1v) is 8.77. The first kappa shape index (κ1) is 19.1. The van der Waals surface area contributed by atoms with Gasteiger partial charge in [-0.05, 0) is 55.5 Å². The highest BCUT2D eigenvalue weighted by molar-refractivity contribution is 5.83. The van der Waals surface area contributed by atoms with Gasteiger partial charge in [0.2, 0.25) is 0 Å². The molecule has 3 aromatic rings. The Morgan fingerprint density at radius 2 is 1.68 bits per heavy atom. The van der Waals surface area contributed by atoms with Gasteiger partial charge in [0.05, 0.1) is 26.5 Å². The number of nitrogens with zero attached hydrogens (tertiary/aromatic N) is 2. The van der Waals surface area contributed by atoms with Crippen molar-refractivity contribution in [1.29, 1.82) is 5.26 Å². The number of nitrogens with two attached hydrogens (primary N) is 1. The topological polar surface area (TPSA) is 90.4 Å². The highest BCUT2D eigenvalue weighted by Gasteiger charge is 2.17.